The third-order valence-corrected chi connectivity index (χ3v) is 5.23. The van der Waals surface area contributed by atoms with Gasteiger partial charge in [-0.1, -0.05) is 36.4 Å². The molecule has 4 nitrogen and oxygen atoms in total. The maximum atomic E-state index is 12.9. The fourth-order valence-corrected chi connectivity index (χ4v) is 3.77. The van der Waals surface area contributed by atoms with Crippen molar-refractivity contribution in [1.29, 1.82) is 0 Å². The quantitative estimate of drug-likeness (QED) is 0.649. The van der Waals surface area contributed by atoms with E-state index < -0.39 is 0 Å². The highest BCUT2D eigenvalue weighted by Crippen LogP contribution is 2.29. The van der Waals surface area contributed by atoms with Gasteiger partial charge >= 0.3 is 0 Å². The second-order valence-corrected chi connectivity index (χ2v) is 7.04. The number of aryl methyl sites for hydroxylation is 1. The van der Waals surface area contributed by atoms with Crippen LogP contribution in [0.15, 0.2) is 66.9 Å². The van der Waals surface area contributed by atoms with Gasteiger partial charge in [-0.2, -0.15) is 0 Å². The minimum atomic E-state index is -0.0703. The lowest BCUT2D eigenvalue weighted by Crippen LogP contribution is -2.35. The lowest BCUT2D eigenvalue weighted by molar-refractivity contribution is 0.103. The molecule has 2 aromatic heterocycles. The summed E-state index contributed by atoms with van der Waals surface area (Å²) in [6.45, 7) is 3.76. The Kier molecular flexibility index (Phi) is 4.97. The van der Waals surface area contributed by atoms with Crippen molar-refractivity contribution in [1.82, 2.24) is 9.97 Å². The number of rotatable bonds is 4. The van der Waals surface area contributed by atoms with Gasteiger partial charge in [0.1, 0.15) is 11.5 Å². The number of aromatic nitrogens is 2. The number of ketones is 1. The summed E-state index contributed by atoms with van der Waals surface area (Å²) in [6, 6.07) is 20.0. The maximum Gasteiger partial charge on any atom is 0.213 e. The third kappa shape index (κ3) is 3.75. The molecule has 136 valence electrons. The Labute approximate surface area is 159 Å². The summed E-state index contributed by atoms with van der Waals surface area (Å²) >= 11 is 0. The maximum absolute atomic E-state index is 12.9. The largest absolute Gasteiger partial charge is 0.356 e. The van der Waals surface area contributed by atoms with Gasteiger partial charge in [0.2, 0.25) is 5.78 Å². The number of hydrogen-bond donors (Lipinski definition) is 0. The minimum absolute atomic E-state index is 0.0703. The van der Waals surface area contributed by atoms with Crippen molar-refractivity contribution in [2.75, 3.05) is 18.0 Å². The topological polar surface area (TPSA) is 46.1 Å². The summed E-state index contributed by atoms with van der Waals surface area (Å²) < 4.78 is 0. The summed E-state index contributed by atoms with van der Waals surface area (Å²) in [5.41, 5.74) is 3.20. The second kappa shape index (κ2) is 7.70. The number of piperidine rings is 1. The van der Waals surface area contributed by atoms with Crippen molar-refractivity contribution in [2.24, 2.45) is 0 Å². The molecule has 1 fully saturated rings. The van der Waals surface area contributed by atoms with E-state index in [9.17, 15) is 4.79 Å². The number of carbonyl (C=O) groups excluding carboxylic acids is 1. The molecule has 4 heteroatoms. The smallest absolute Gasteiger partial charge is 0.213 e. The highest BCUT2D eigenvalue weighted by atomic mass is 16.1. The molecular formula is C23H23N3O. The molecule has 1 aliphatic heterocycles. The van der Waals surface area contributed by atoms with E-state index in [1.807, 2.05) is 25.1 Å². The number of nitrogens with zero attached hydrogens (tertiary/aromatic N) is 3. The molecule has 0 amide bonds. The zero-order valence-corrected chi connectivity index (χ0v) is 15.5. The van der Waals surface area contributed by atoms with Crippen molar-refractivity contribution in [3.8, 4) is 0 Å². The van der Waals surface area contributed by atoms with Crippen LogP contribution < -0.4 is 4.90 Å². The summed E-state index contributed by atoms with van der Waals surface area (Å²) in [4.78, 5) is 24.1. The summed E-state index contributed by atoms with van der Waals surface area (Å²) in [5, 5.41) is 0. The fourth-order valence-electron chi connectivity index (χ4n) is 3.77. The van der Waals surface area contributed by atoms with E-state index in [-0.39, 0.29) is 5.78 Å². The predicted molar refractivity (Wildman–Crippen MR) is 107 cm³/mol. The van der Waals surface area contributed by atoms with Gasteiger partial charge in [0.05, 0.1) is 0 Å². The first-order valence-corrected chi connectivity index (χ1v) is 9.45. The van der Waals surface area contributed by atoms with Crippen molar-refractivity contribution in [3.05, 3.63) is 89.4 Å². The number of hydrogen-bond acceptors (Lipinski definition) is 4. The molecule has 27 heavy (non-hydrogen) atoms. The van der Waals surface area contributed by atoms with Crippen LogP contribution in [0.3, 0.4) is 0 Å². The molecule has 3 aromatic rings. The van der Waals surface area contributed by atoms with Crippen LogP contribution in [-0.2, 0) is 0 Å². The van der Waals surface area contributed by atoms with Gasteiger partial charge in [0.25, 0.3) is 0 Å². The first-order chi connectivity index (χ1) is 13.2. The third-order valence-electron chi connectivity index (χ3n) is 5.23. The molecule has 1 saturated heterocycles. The van der Waals surface area contributed by atoms with Crippen LogP contribution in [0.1, 0.15) is 46.1 Å². The zero-order valence-electron chi connectivity index (χ0n) is 15.5. The van der Waals surface area contributed by atoms with Crippen LogP contribution in [0.2, 0.25) is 0 Å². The van der Waals surface area contributed by atoms with E-state index >= 15 is 0 Å². The van der Waals surface area contributed by atoms with E-state index in [0.29, 0.717) is 17.2 Å². The zero-order chi connectivity index (χ0) is 18.6. The van der Waals surface area contributed by atoms with Crippen molar-refractivity contribution < 1.29 is 4.79 Å². The van der Waals surface area contributed by atoms with Crippen LogP contribution >= 0.6 is 0 Å². The Morgan fingerprint density at radius 3 is 2.70 bits per heavy atom. The van der Waals surface area contributed by atoms with Gasteiger partial charge in [-0.25, -0.2) is 4.98 Å². The van der Waals surface area contributed by atoms with E-state index in [4.69, 9.17) is 4.98 Å². The van der Waals surface area contributed by atoms with Crippen LogP contribution in [0.4, 0.5) is 5.82 Å². The summed E-state index contributed by atoms with van der Waals surface area (Å²) in [7, 11) is 0. The van der Waals surface area contributed by atoms with Crippen LogP contribution in [0.5, 0.6) is 0 Å². The Bertz CT molecular complexity index is 939. The molecule has 4 rings (SSSR count). The summed E-state index contributed by atoms with van der Waals surface area (Å²) in [6.07, 6.45) is 4.02. The molecule has 0 unspecified atom stereocenters. The monoisotopic (exact) mass is 357 g/mol. The van der Waals surface area contributed by atoms with Crippen molar-refractivity contribution >= 4 is 11.6 Å². The molecule has 0 radical (unpaired) electrons. The average Bonchev–Trinajstić information content (AvgIpc) is 2.74. The highest BCUT2D eigenvalue weighted by molar-refractivity contribution is 6.08. The Morgan fingerprint density at radius 2 is 1.89 bits per heavy atom. The first-order valence-electron chi connectivity index (χ1n) is 9.45. The lowest BCUT2D eigenvalue weighted by Gasteiger charge is -2.34. The molecule has 0 bridgehead atoms. The molecule has 0 saturated carbocycles. The Hall–Kier alpha value is -3.01. The number of anilines is 1. The number of benzene rings is 1. The standard InChI is InChI=1S/C23H23N3O/c1-17-20(11-6-14-24-17)23(27)21-12-5-13-22(25-21)26-15-7-10-19(16-26)18-8-3-2-4-9-18/h2-6,8-9,11-14,19H,7,10,15-16H2,1H3/t19-/m1/s1. The van der Waals surface area contributed by atoms with Gasteiger partial charge in [-0.3, -0.25) is 9.78 Å². The minimum Gasteiger partial charge on any atom is -0.356 e. The van der Waals surface area contributed by atoms with Crippen LogP contribution in [-0.4, -0.2) is 28.8 Å². The lowest BCUT2D eigenvalue weighted by atomic mass is 9.90. The van der Waals surface area contributed by atoms with Gasteiger partial charge in [-0.05, 0) is 49.6 Å². The van der Waals surface area contributed by atoms with E-state index in [1.165, 1.54) is 12.0 Å². The molecule has 0 N–H and O–H groups in total. The van der Waals surface area contributed by atoms with E-state index in [1.54, 1.807) is 18.3 Å². The van der Waals surface area contributed by atoms with Crippen molar-refractivity contribution in [3.63, 3.8) is 0 Å². The SMILES string of the molecule is Cc1ncccc1C(=O)c1cccc(N2CCC[C@@H](c3ccccc3)C2)n1. The highest BCUT2D eigenvalue weighted by Gasteiger charge is 2.23. The first kappa shape index (κ1) is 17.4. The van der Waals surface area contributed by atoms with E-state index in [2.05, 4.69) is 40.2 Å². The van der Waals surface area contributed by atoms with Crippen LogP contribution in [0, 0.1) is 6.92 Å². The van der Waals surface area contributed by atoms with Gasteiger partial charge in [-0.15, -0.1) is 0 Å². The second-order valence-electron chi connectivity index (χ2n) is 7.04. The average molecular weight is 357 g/mol. The van der Waals surface area contributed by atoms with E-state index in [0.717, 1.165) is 31.0 Å². The van der Waals surface area contributed by atoms with Gasteiger partial charge in [0.15, 0.2) is 0 Å². The molecule has 0 spiro atoms. The van der Waals surface area contributed by atoms with Gasteiger partial charge in [0, 0.05) is 36.5 Å². The molecule has 1 aromatic carbocycles. The number of carbonyl (C=O) groups is 1. The molecule has 1 atom stereocenters. The van der Waals surface area contributed by atoms with Crippen LogP contribution in [0.25, 0.3) is 0 Å². The van der Waals surface area contributed by atoms with Crippen molar-refractivity contribution in [2.45, 2.75) is 25.7 Å². The normalized spacial score (nSPS) is 16.9. The fraction of sp³-hybridized carbons (Fsp3) is 0.261. The number of pyridine rings is 2. The molecule has 3 heterocycles. The Morgan fingerprint density at radius 1 is 1.04 bits per heavy atom. The Balaban J connectivity index is 1.57. The molecule has 1 aliphatic rings. The molecule has 0 aliphatic carbocycles. The predicted octanol–water partition coefficient (Wildman–Crippen LogP) is 4.40. The molecular weight excluding hydrogens is 334 g/mol. The van der Waals surface area contributed by atoms with Gasteiger partial charge < -0.3 is 4.90 Å². The summed E-state index contributed by atoms with van der Waals surface area (Å²) in [5.74, 6) is 1.31.